The van der Waals surface area contributed by atoms with Crippen molar-refractivity contribution in [2.45, 2.75) is 36.5 Å². The molecule has 1 aliphatic heterocycles. The summed E-state index contributed by atoms with van der Waals surface area (Å²) >= 11 is 0. The summed E-state index contributed by atoms with van der Waals surface area (Å²) in [6, 6.07) is 0.226. The predicted octanol–water partition coefficient (Wildman–Crippen LogP) is 2.35. The topological polar surface area (TPSA) is 94.3 Å². The average molecular weight is 435 g/mol. The van der Waals surface area contributed by atoms with Crippen LogP contribution in [0.2, 0.25) is 0 Å². The molecule has 1 aliphatic rings. The molecule has 1 fully saturated rings. The normalized spacial score (nSPS) is 25.0. The van der Waals surface area contributed by atoms with Gasteiger partial charge in [0.25, 0.3) is 0 Å². The van der Waals surface area contributed by atoms with Gasteiger partial charge in [-0.2, -0.15) is 13.2 Å². The summed E-state index contributed by atoms with van der Waals surface area (Å²) in [5, 5.41) is 7.58. The Morgan fingerprint density at radius 3 is 2.61 bits per heavy atom. The van der Waals surface area contributed by atoms with Crippen molar-refractivity contribution in [3.05, 3.63) is 17.8 Å². The zero-order chi connectivity index (χ0) is 21.3. The Hall–Kier alpha value is -1.60. The minimum atomic E-state index is -5.06. The third-order valence-corrected chi connectivity index (χ3v) is 5.57. The lowest BCUT2D eigenvalue weighted by molar-refractivity contribution is -0.140. The van der Waals surface area contributed by atoms with E-state index in [1.807, 2.05) is 0 Å². The molecule has 2 rings (SSSR count). The van der Waals surface area contributed by atoms with Crippen LogP contribution in [0.25, 0.3) is 0 Å². The molecule has 2 heterocycles. The maximum Gasteiger partial charge on any atom is 0.421 e. The lowest BCUT2D eigenvalue weighted by atomic mass is 9.76. The molecule has 1 saturated heterocycles. The third kappa shape index (κ3) is 5.06. The van der Waals surface area contributed by atoms with Gasteiger partial charge in [-0.25, -0.2) is 31.7 Å². The predicted molar refractivity (Wildman–Crippen MR) is 86.1 cm³/mol. The largest absolute Gasteiger partial charge is 0.474 e. The number of hydrogen-bond donors (Lipinski definition) is 2. The first-order valence-electron chi connectivity index (χ1n) is 8.16. The van der Waals surface area contributed by atoms with Crippen molar-refractivity contribution in [2.75, 3.05) is 19.7 Å². The molecule has 0 aromatic carbocycles. The highest BCUT2D eigenvalue weighted by Gasteiger charge is 2.47. The zero-order valence-electron chi connectivity index (χ0n) is 14.6. The van der Waals surface area contributed by atoms with Crippen LogP contribution in [0.1, 0.15) is 18.9 Å². The highest BCUT2D eigenvalue weighted by atomic mass is 32.2. The molecule has 1 aromatic rings. The van der Waals surface area contributed by atoms with Crippen molar-refractivity contribution in [3.8, 4) is 5.88 Å². The number of aromatic nitrogens is 1. The molecule has 1 aromatic heterocycles. The number of rotatable bonds is 6. The third-order valence-electron chi connectivity index (χ3n) is 4.69. The monoisotopic (exact) mass is 435 g/mol. The molecule has 3 atom stereocenters. The number of primary sulfonamides is 1. The fraction of sp³-hybridized carbons (Fsp3) is 0.667. The molecule has 0 spiro atoms. The first kappa shape index (κ1) is 22.7. The minimum Gasteiger partial charge on any atom is -0.474 e. The van der Waals surface area contributed by atoms with E-state index in [1.54, 1.807) is 0 Å². The average Bonchev–Trinajstić information content (AvgIpc) is 2.58. The molecular formula is C15H19F6N3O3S. The van der Waals surface area contributed by atoms with E-state index >= 15 is 4.39 Å². The van der Waals surface area contributed by atoms with Gasteiger partial charge < -0.3 is 10.1 Å². The lowest BCUT2D eigenvalue weighted by Crippen LogP contribution is -2.54. The van der Waals surface area contributed by atoms with Gasteiger partial charge in [0.1, 0.15) is 17.1 Å². The Bertz CT molecular complexity index is 805. The van der Waals surface area contributed by atoms with E-state index in [1.165, 1.54) is 0 Å². The Balaban J connectivity index is 2.31. The number of nitrogens with zero attached hydrogens (tertiary/aromatic N) is 1. The van der Waals surface area contributed by atoms with E-state index in [0.29, 0.717) is 6.20 Å². The number of ether oxygens (including phenoxy) is 1. The highest BCUT2D eigenvalue weighted by molar-refractivity contribution is 7.89. The molecule has 0 radical (unpaired) electrons. The summed E-state index contributed by atoms with van der Waals surface area (Å²) < 4.78 is 108. The van der Waals surface area contributed by atoms with Gasteiger partial charge in [-0.15, -0.1) is 0 Å². The van der Waals surface area contributed by atoms with Crippen molar-refractivity contribution in [3.63, 3.8) is 0 Å². The standard InChI is InChI=1S/C15H19F6N3O3S/c1-8(12(16)17)11-6-23-3-2-14(11,18)7-27-13-10(15(19,20)21)4-9(5-24-13)28(22,25)26/h4-5,8,11-12,23H,2-3,6-7H2,1H3,(H2,22,25,26). The van der Waals surface area contributed by atoms with Gasteiger partial charge >= 0.3 is 6.18 Å². The molecule has 160 valence electrons. The number of halogens is 6. The summed E-state index contributed by atoms with van der Waals surface area (Å²) in [6.07, 6.45) is -7.58. The van der Waals surface area contributed by atoms with Crippen LogP contribution >= 0.6 is 0 Å². The van der Waals surface area contributed by atoms with Gasteiger partial charge in [-0.3, -0.25) is 0 Å². The van der Waals surface area contributed by atoms with Gasteiger partial charge in [-0.1, -0.05) is 6.92 Å². The number of nitrogens with one attached hydrogen (secondary N) is 1. The van der Waals surface area contributed by atoms with E-state index in [4.69, 9.17) is 9.88 Å². The number of nitrogens with two attached hydrogens (primary N) is 1. The number of piperidine rings is 1. The van der Waals surface area contributed by atoms with Crippen LogP contribution in [0.3, 0.4) is 0 Å². The summed E-state index contributed by atoms with van der Waals surface area (Å²) in [5.41, 5.74) is -3.88. The first-order valence-corrected chi connectivity index (χ1v) is 9.71. The second-order valence-corrected chi connectivity index (χ2v) is 8.21. The fourth-order valence-corrected chi connectivity index (χ4v) is 3.51. The number of sulfonamides is 1. The second kappa shape index (κ2) is 8.03. The highest BCUT2D eigenvalue weighted by Crippen LogP contribution is 2.39. The van der Waals surface area contributed by atoms with Crippen LogP contribution in [0.5, 0.6) is 5.88 Å². The quantitative estimate of drug-likeness (QED) is 0.669. The Morgan fingerprint density at radius 2 is 2.07 bits per heavy atom. The van der Waals surface area contributed by atoms with E-state index < -0.39 is 63.1 Å². The molecule has 0 saturated carbocycles. The maximum absolute atomic E-state index is 15.3. The number of hydrogen-bond acceptors (Lipinski definition) is 5. The smallest absolute Gasteiger partial charge is 0.421 e. The molecule has 6 nitrogen and oxygen atoms in total. The SMILES string of the molecule is CC(C(F)F)C1CNCCC1(F)COc1ncc(S(N)(=O)=O)cc1C(F)(F)F. The molecule has 13 heteroatoms. The second-order valence-electron chi connectivity index (χ2n) is 6.64. The van der Waals surface area contributed by atoms with E-state index in [2.05, 4.69) is 10.3 Å². The Kier molecular flexibility index (Phi) is 6.50. The van der Waals surface area contributed by atoms with Crippen LogP contribution in [-0.4, -0.2) is 45.2 Å². The Labute approximate surface area is 157 Å². The van der Waals surface area contributed by atoms with E-state index in [-0.39, 0.29) is 25.6 Å². The van der Waals surface area contributed by atoms with Crippen molar-refractivity contribution in [1.29, 1.82) is 0 Å². The molecule has 28 heavy (non-hydrogen) atoms. The maximum atomic E-state index is 15.3. The summed E-state index contributed by atoms with van der Waals surface area (Å²) in [7, 11) is -4.46. The van der Waals surface area contributed by atoms with Crippen LogP contribution < -0.4 is 15.2 Å². The molecule has 0 bridgehead atoms. The Morgan fingerprint density at radius 1 is 1.43 bits per heavy atom. The number of alkyl halides is 6. The van der Waals surface area contributed by atoms with Crippen LogP contribution in [0, 0.1) is 11.8 Å². The van der Waals surface area contributed by atoms with Gasteiger partial charge in [0.15, 0.2) is 5.67 Å². The minimum absolute atomic E-state index is 0.0880. The van der Waals surface area contributed by atoms with Crippen molar-refractivity contribution >= 4 is 10.0 Å². The van der Waals surface area contributed by atoms with Gasteiger partial charge in [0.2, 0.25) is 22.3 Å². The zero-order valence-corrected chi connectivity index (χ0v) is 15.5. The van der Waals surface area contributed by atoms with Gasteiger partial charge in [0, 0.05) is 18.4 Å². The van der Waals surface area contributed by atoms with E-state index in [9.17, 15) is 30.4 Å². The molecule has 0 aliphatic carbocycles. The van der Waals surface area contributed by atoms with Gasteiger partial charge in [-0.05, 0) is 19.0 Å². The van der Waals surface area contributed by atoms with E-state index in [0.717, 1.165) is 6.92 Å². The van der Waals surface area contributed by atoms with Crippen molar-refractivity contribution in [2.24, 2.45) is 17.0 Å². The molecule has 3 N–H and O–H groups in total. The fourth-order valence-electron chi connectivity index (χ4n) is 3.03. The molecule has 0 amide bonds. The molecule has 3 unspecified atom stereocenters. The number of pyridine rings is 1. The lowest BCUT2D eigenvalue weighted by Gasteiger charge is -2.40. The summed E-state index contributed by atoms with van der Waals surface area (Å²) in [6.45, 7) is 0.254. The van der Waals surface area contributed by atoms with Crippen molar-refractivity contribution < 1.29 is 39.5 Å². The first-order chi connectivity index (χ1) is 12.8. The van der Waals surface area contributed by atoms with Crippen LogP contribution in [0.15, 0.2) is 17.2 Å². The van der Waals surface area contributed by atoms with Gasteiger partial charge in [0.05, 0.1) is 6.20 Å². The summed E-state index contributed by atoms with van der Waals surface area (Å²) in [5.74, 6) is -3.61. The van der Waals surface area contributed by atoms with Crippen molar-refractivity contribution in [1.82, 2.24) is 10.3 Å². The van der Waals surface area contributed by atoms with Crippen LogP contribution in [-0.2, 0) is 16.2 Å². The van der Waals surface area contributed by atoms with Crippen LogP contribution in [0.4, 0.5) is 26.3 Å². The summed E-state index contributed by atoms with van der Waals surface area (Å²) in [4.78, 5) is 2.41. The molecular weight excluding hydrogens is 416 g/mol.